The molecule has 3 heterocycles. The third kappa shape index (κ3) is 5.46. The number of halogens is 1. The minimum atomic E-state index is -0.783. The lowest BCUT2D eigenvalue weighted by Crippen LogP contribution is -2.40. The predicted molar refractivity (Wildman–Crippen MR) is 168 cm³/mol. The van der Waals surface area contributed by atoms with E-state index in [0.717, 1.165) is 11.3 Å². The number of benzene rings is 3. The van der Waals surface area contributed by atoms with Crippen molar-refractivity contribution >= 4 is 46.3 Å². The number of hydrogen-bond acceptors (Lipinski definition) is 8. The van der Waals surface area contributed by atoms with Crippen LogP contribution in [0.5, 0.6) is 5.75 Å². The fraction of sp³-hybridized carbons (Fsp3) is 0.0938. The number of hydrogen-bond donors (Lipinski definition) is 1. The van der Waals surface area contributed by atoms with Gasteiger partial charge in [0.1, 0.15) is 22.3 Å². The second kappa shape index (κ2) is 11.8. The van der Waals surface area contributed by atoms with Gasteiger partial charge in [0, 0.05) is 23.4 Å². The van der Waals surface area contributed by atoms with Crippen LogP contribution in [0.1, 0.15) is 24.3 Å². The van der Waals surface area contributed by atoms with E-state index < -0.39 is 11.0 Å². The number of para-hydroxylation sites is 1. The molecule has 0 fully saturated rings. The molecule has 0 radical (unpaired) electrons. The molecule has 5 aromatic rings. The minimum absolute atomic E-state index is 0.0179. The highest BCUT2D eigenvalue weighted by Crippen LogP contribution is 2.33. The quantitative estimate of drug-likeness (QED) is 0.182. The normalized spacial score (nSPS) is 14.6. The topological polar surface area (TPSA) is 129 Å². The number of nitrogens with one attached hydrogen (secondary N) is 1. The molecule has 220 valence electrons. The maximum Gasteiger partial charge on any atom is 0.288 e. The highest BCUT2D eigenvalue weighted by Gasteiger charge is 2.33. The van der Waals surface area contributed by atoms with Crippen molar-refractivity contribution in [2.75, 3.05) is 12.4 Å². The van der Waals surface area contributed by atoms with Crippen LogP contribution in [-0.2, 0) is 4.79 Å². The summed E-state index contributed by atoms with van der Waals surface area (Å²) in [6, 6.07) is 23.2. The number of furan rings is 1. The molecule has 1 aliphatic rings. The van der Waals surface area contributed by atoms with Gasteiger partial charge in [-0.25, -0.2) is 4.99 Å². The summed E-state index contributed by atoms with van der Waals surface area (Å²) in [5, 5.41) is 14.3. The number of carbonyl (C=O) groups excluding carboxylic acids is 1. The Balaban J connectivity index is 1.44. The van der Waals surface area contributed by atoms with Gasteiger partial charge in [-0.1, -0.05) is 53.3 Å². The summed E-state index contributed by atoms with van der Waals surface area (Å²) in [5.41, 5.74) is 1.95. The highest BCUT2D eigenvalue weighted by atomic mass is 35.5. The van der Waals surface area contributed by atoms with E-state index in [1.807, 2.05) is 24.3 Å². The number of aromatic nitrogens is 1. The third-order valence-corrected chi connectivity index (χ3v) is 8.34. The van der Waals surface area contributed by atoms with Crippen LogP contribution in [0.4, 0.5) is 11.4 Å². The van der Waals surface area contributed by atoms with Gasteiger partial charge in [-0.05, 0) is 61.0 Å². The number of ether oxygens (including phenoxy) is 1. The van der Waals surface area contributed by atoms with Crippen LogP contribution in [0, 0.1) is 10.1 Å². The molecule has 44 heavy (non-hydrogen) atoms. The van der Waals surface area contributed by atoms with Gasteiger partial charge in [-0.2, -0.15) is 0 Å². The molecule has 0 saturated heterocycles. The van der Waals surface area contributed by atoms with Gasteiger partial charge in [0.2, 0.25) is 0 Å². The predicted octanol–water partition coefficient (Wildman–Crippen LogP) is 5.70. The van der Waals surface area contributed by atoms with Crippen molar-refractivity contribution in [2.45, 2.75) is 13.0 Å². The Bertz CT molecular complexity index is 2150. The minimum Gasteiger partial charge on any atom is -0.497 e. The maximum absolute atomic E-state index is 14.0. The number of allylic oxidation sites excluding steroid dienone is 1. The number of fused-ring (bicyclic) bond motifs is 1. The second-order valence-electron chi connectivity index (χ2n) is 9.80. The van der Waals surface area contributed by atoms with E-state index in [2.05, 4.69) is 10.3 Å². The first-order valence-corrected chi connectivity index (χ1v) is 14.5. The van der Waals surface area contributed by atoms with Gasteiger partial charge in [-0.15, -0.1) is 0 Å². The number of methoxy groups -OCH3 is 1. The Morgan fingerprint density at radius 1 is 1.11 bits per heavy atom. The van der Waals surface area contributed by atoms with Gasteiger partial charge >= 0.3 is 0 Å². The molecular formula is C32H23ClN4O6S. The van der Waals surface area contributed by atoms with E-state index >= 15 is 0 Å². The summed E-state index contributed by atoms with van der Waals surface area (Å²) in [4.78, 5) is 43.6. The van der Waals surface area contributed by atoms with Crippen molar-refractivity contribution in [1.82, 2.24) is 4.57 Å². The fourth-order valence-electron chi connectivity index (χ4n) is 4.98. The summed E-state index contributed by atoms with van der Waals surface area (Å²) in [5.74, 6) is 0.923. The van der Waals surface area contributed by atoms with Crippen LogP contribution < -0.4 is 24.9 Å². The monoisotopic (exact) mass is 626 g/mol. The summed E-state index contributed by atoms with van der Waals surface area (Å²) >= 11 is 7.12. The van der Waals surface area contributed by atoms with E-state index in [-0.39, 0.29) is 22.2 Å². The molecule has 12 heteroatoms. The maximum atomic E-state index is 14.0. The zero-order chi connectivity index (χ0) is 31.0. The van der Waals surface area contributed by atoms with Crippen molar-refractivity contribution in [3.8, 4) is 17.1 Å². The molecule has 6 rings (SSSR count). The average molecular weight is 627 g/mol. The lowest BCUT2D eigenvalue weighted by atomic mass is 9.95. The number of carbonyl (C=O) groups is 1. The third-order valence-electron chi connectivity index (χ3n) is 7.03. The number of thiazole rings is 1. The van der Waals surface area contributed by atoms with Gasteiger partial charge in [-0.3, -0.25) is 24.3 Å². The molecule has 0 unspecified atom stereocenters. The summed E-state index contributed by atoms with van der Waals surface area (Å²) in [6.07, 6.45) is 1.59. The van der Waals surface area contributed by atoms with Gasteiger partial charge in [0.25, 0.3) is 17.2 Å². The van der Waals surface area contributed by atoms with Crippen LogP contribution >= 0.6 is 22.9 Å². The van der Waals surface area contributed by atoms with Gasteiger partial charge in [0.05, 0.1) is 33.9 Å². The molecule has 10 nitrogen and oxygen atoms in total. The summed E-state index contributed by atoms with van der Waals surface area (Å²) in [6.45, 7) is 1.74. The number of nitro benzene ring substituents is 1. The summed E-state index contributed by atoms with van der Waals surface area (Å²) < 4.78 is 13.2. The molecule has 1 N–H and O–H groups in total. The molecule has 0 spiro atoms. The Morgan fingerprint density at radius 2 is 1.91 bits per heavy atom. The smallest absolute Gasteiger partial charge is 0.288 e. The van der Waals surface area contributed by atoms with Crippen LogP contribution in [0.3, 0.4) is 0 Å². The van der Waals surface area contributed by atoms with E-state index in [0.29, 0.717) is 54.7 Å². The number of nitro groups is 1. The lowest BCUT2D eigenvalue weighted by Gasteiger charge is -2.25. The molecule has 0 bridgehead atoms. The van der Waals surface area contributed by atoms with E-state index in [1.54, 1.807) is 68.6 Å². The van der Waals surface area contributed by atoms with Crippen molar-refractivity contribution in [3.63, 3.8) is 0 Å². The molecule has 1 atom stereocenters. The van der Waals surface area contributed by atoms with Crippen LogP contribution in [0.15, 0.2) is 110 Å². The molecule has 1 amide bonds. The Hall–Kier alpha value is -5.26. The molecule has 1 aliphatic heterocycles. The van der Waals surface area contributed by atoms with E-state index in [1.165, 1.54) is 16.7 Å². The SMILES string of the molecule is COc1cccc([C@@H]2C(C(=O)Nc3ccccc3)=C(C)N=c3s/c(=C\c4ccc(-c5ccc(Cl)c([N+](=O)[O-])c5)o4)c(=O)n32)c1. The van der Waals surface area contributed by atoms with Crippen LogP contribution in [0.25, 0.3) is 17.4 Å². The average Bonchev–Trinajstić information content (AvgIpc) is 3.61. The molecule has 3 aromatic carbocycles. The highest BCUT2D eigenvalue weighted by molar-refractivity contribution is 7.07. The van der Waals surface area contributed by atoms with Crippen molar-refractivity contribution in [2.24, 2.45) is 4.99 Å². The lowest BCUT2D eigenvalue weighted by molar-refractivity contribution is -0.384. The standard InChI is InChI=1S/C32H23ClN4O6S/c1-18-28(30(38)35-21-8-4-3-5-9-21)29(20-7-6-10-22(15-20)42-2)36-31(39)27(44-32(36)34-18)17-23-12-14-26(43-23)19-11-13-24(33)25(16-19)37(40)41/h3-17,29H,1-2H3,(H,35,38)/b27-17-/t29-/m1/s1. The molecular weight excluding hydrogens is 604 g/mol. The Labute approximate surface area is 259 Å². The first kappa shape index (κ1) is 28.8. The van der Waals surface area contributed by atoms with Crippen molar-refractivity contribution in [3.05, 3.63) is 142 Å². The zero-order valence-corrected chi connectivity index (χ0v) is 24.9. The van der Waals surface area contributed by atoms with Crippen molar-refractivity contribution in [1.29, 1.82) is 0 Å². The number of rotatable bonds is 7. The number of anilines is 1. The first-order chi connectivity index (χ1) is 21.2. The number of amides is 1. The summed E-state index contributed by atoms with van der Waals surface area (Å²) in [7, 11) is 1.55. The zero-order valence-electron chi connectivity index (χ0n) is 23.3. The largest absolute Gasteiger partial charge is 0.497 e. The Morgan fingerprint density at radius 3 is 2.66 bits per heavy atom. The van der Waals surface area contributed by atoms with Crippen molar-refractivity contribution < 1.29 is 18.9 Å². The second-order valence-corrected chi connectivity index (χ2v) is 11.2. The van der Waals surface area contributed by atoms with Crippen LogP contribution in [-0.4, -0.2) is 22.5 Å². The first-order valence-electron chi connectivity index (χ1n) is 13.3. The fourth-order valence-corrected chi connectivity index (χ4v) is 6.19. The van der Waals surface area contributed by atoms with Gasteiger partial charge in [0.15, 0.2) is 4.80 Å². The van der Waals surface area contributed by atoms with Gasteiger partial charge < -0.3 is 14.5 Å². The number of nitrogens with zero attached hydrogens (tertiary/aromatic N) is 3. The Kier molecular flexibility index (Phi) is 7.73. The molecule has 0 aliphatic carbocycles. The molecule has 2 aromatic heterocycles. The van der Waals surface area contributed by atoms with E-state index in [4.69, 9.17) is 20.8 Å². The van der Waals surface area contributed by atoms with E-state index in [9.17, 15) is 19.7 Å². The van der Waals surface area contributed by atoms with Crippen LogP contribution in [0.2, 0.25) is 5.02 Å². The molecule has 0 saturated carbocycles.